The van der Waals surface area contributed by atoms with Crippen LogP contribution in [0.4, 0.5) is 4.39 Å². The van der Waals surface area contributed by atoms with Crippen molar-refractivity contribution in [3.63, 3.8) is 0 Å². The van der Waals surface area contributed by atoms with Gasteiger partial charge >= 0.3 is 24.8 Å². The summed E-state index contributed by atoms with van der Waals surface area (Å²) in [5, 5.41) is 18.7. The Bertz CT molecular complexity index is 1060. The summed E-state index contributed by atoms with van der Waals surface area (Å²) in [7, 11) is 0. The average Bonchev–Trinajstić information content (AvgIpc) is 3.12. The molecule has 0 saturated carbocycles. The van der Waals surface area contributed by atoms with E-state index in [9.17, 15) is 14.3 Å². The molecular formula is C22H24FLiN4O2. The number of carbonyl (C=O) groups is 1. The van der Waals surface area contributed by atoms with Crippen molar-refractivity contribution in [3.05, 3.63) is 59.5 Å². The van der Waals surface area contributed by atoms with Gasteiger partial charge in [0.1, 0.15) is 5.82 Å². The fourth-order valence-electron chi connectivity index (χ4n) is 4.75. The number of hydrogen-bond donors (Lipinski definition) is 2. The van der Waals surface area contributed by atoms with Gasteiger partial charge in [-0.1, -0.05) is 6.07 Å². The molecule has 152 valence electrons. The molecular weight excluding hydrogens is 378 g/mol. The third-order valence-corrected chi connectivity index (χ3v) is 6.27. The number of rotatable bonds is 5. The summed E-state index contributed by atoms with van der Waals surface area (Å²) in [6.45, 7) is 3.89. The van der Waals surface area contributed by atoms with Gasteiger partial charge in [0.15, 0.2) is 0 Å². The van der Waals surface area contributed by atoms with Gasteiger partial charge in [0.25, 0.3) is 0 Å². The molecule has 2 N–H and O–H groups in total. The first-order valence-electron chi connectivity index (χ1n) is 10.1. The zero-order valence-electron chi connectivity index (χ0n) is 16.0. The first kappa shape index (κ1) is 21.1. The van der Waals surface area contributed by atoms with E-state index in [0.717, 1.165) is 6.54 Å². The zero-order valence-corrected chi connectivity index (χ0v) is 16.0. The third-order valence-electron chi connectivity index (χ3n) is 6.27. The van der Waals surface area contributed by atoms with E-state index in [1.54, 1.807) is 28.9 Å². The van der Waals surface area contributed by atoms with Crippen molar-refractivity contribution in [2.45, 2.75) is 25.4 Å². The second-order valence-electron chi connectivity index (χ2n) is 7.97. The van der Waals surface area contributed by atoms with Crippen LogP contribution < -0.4 is 5.32 Å². The molecule has 3 aliphatic rings. The van der Waals surface area contributed by atoms with Crippen LogP contribution in [0.2, 0.25) is 0 Å². The van der Waals surface area contributed by atoms with Crippen LogP contribution in [0.3, 0.4) is 0 Å². The van der Waals surface area contributed by atoms with E-state index in [1.165, 1.54) is 38.1 Å². The minimum atomic E-state index is -0.974. The zero-order chi connectivity index (χ0) is 20.0. The Morgan fingerprint density at radius 3 is 2.53 bits per heavy atom. The number of nitrogens with one attached hydrogen (secondary N) is 1. The summed E-state index contributed by atoms with van der Waals surface area (Å²) in [5.74, 6) is -0.622. The number of hydrogen-bond acceptors (Lipinski definition) is 4. The summed E-state index contributed by atoms with van der Waals surface area (Å²) in [4.78, 5) is 14.3. The van der Waals surface area contributed by atoms with Gasteiger partial charge in [0.2, 0.25) is 0 Å². The normalized spacial score (nSPS) is 22.8. The summed E-state index contributed by atoms with van der Waals surface area (Å²) < 4.78 is 15.1. The van der Waals surface area contributed by atoms with E-state index in [0.29, 0.717) is 40.8 Å². The molecule has 0 amide bonds. The molecule has 1 aromatic heterocycles. The van der Waals surface area contributed by atoms with Crippen LogP contribution in [0.5, 0.6) is 0 Å². The SMILES string of the molecule is O=C(O)c1cccc2c1c(CNC1CN3CCC1CC3)nn2-c1ccc(F)cc1.[LiH]. The molecule has 3 aliphatic heterocycles. The van der Waals surface area contributed by atoms with Crippen LogP contribution in [-0.2, 0) is 6.54 Å². The van der Waals surface area contributed by atoms with Crippen molar-refractivity contribution >= 4 is 35.7 Å². The van der Waals surface area contributed by atoms with Crippen LogP contribution in [0.25, 0.3) is 16.6 Å². The molecule has 0 aliphatic carbocycles. The standard InChI is InChI=1S/C22H23FN4O2.Li.H/c23-15-4-6-16(7-5-15)27-20-3-1-2-17(22(28)29)21(20)18(25-27)12-24-19-13-26-10-8-14(19)9-11-26;;/h1-7,14,19,24H,8-13H2,(H,28,29);;. The summed E-state index contributed by atoms with van der Waals surface area (Å²) in [6.07, 6.45) is 2.42. The molecule has 0 radical (unpaired) electrons. The van der Waals surface area contributed by atoms with E-state index in [-0.39, 0.29) is 30.2 Å². The number of benzene rings is 2. The van der Waals surface area contributed by atoms with Gasteiger partial charge in [-0.3, -0.25) is 0 Å². The molecule has 3 saturated heterocycles. The Morgan fingerprint density at radius 2 is 1.90 bits per heavy atom. The predicted molar refractivity (Wildman–Crippen MR) is 115 cm³/mol. The molecule has 6 rings (SSSR count). The van der Waals surface area contributed by atoms with Gasteiger partial charge in [0, 0.05) is 24.5 Å². The van der Waals surface area contributed by atoms with Crippen molar-refractivity contribution in [2.24, 2.45) is 5.92 Å². The number of aromatic nitrogens is 2. The molecule has 3 aromatic rings. The fraction of sp³-hybridized carbons (Fsp3) is 0.364. The Morgan fingerprint density at radius 1 is 1.17 bits per heavy atom. The number of carboxylic acids is 1. The summed E-state index contributed by atoms with van der Waals surface area (Å²) in [5.41, 5.74) is 2.36. The molecule has 4 heterocycles. The van der Waals surface area contributed by atoms with Crippen molar-refractivity contribution < 1.29 is 14.3 Å². The van der Waals surface area contributed by atoms with Crippen molar-refractivity contribution in [1.82, 2.24) is 20.0 Å². The molecule has 2 aromatic carbocycles. The Balaban J connectivity index is 0.00000218. The minimum absolute atomic E-state index is 0. The second kappa shape index (κ2) is 8.52. The topological polar surface area (TPSA) is 70.4 Å². The molecule has 1 unspecified atom stereocenters. The van der Waals surface area contributed by atoms with Crippen LogP contribution in [0.15, 0.2) is 42.5 Å². The molecule has 8 heteroatoms. The molecule has 0 spiro atoms. The van der Waals surface area contributed by atoms with Gasteiger partial charge in [-0.05, 0) is 68.2 Å². The second-order valence-corrected chi connectivity index (χ2v) is 7.97. The van der Waals surface area contributed by atoms with Crippen LogP contribution in [0.1, 0.15) is 28.9 Å². The van der Waals surface area contributed by atoms with E-state index < -0.39 is 5.97 Å². The molecule has 6 nitrogen and oxygen atoms in total. The van der Waals surface area contributed by atoms with Crippen molar-refractivity contribution in [3.8, 4) is 5.69 Å². The van der Waals surface area contributed by atoms with Gasteiger partial charge in [-0.15, -0.1) is 0 Å². The first-order valence-corrected chi connectivity index (χ1v) is 10.1. The fourth-order valence-corrected chi connectivity index (χ4v) is 4.75. The van der Waals surface area contributed by atoms with Gasteiger partial charge < -0.3 is 15.3 Å². The maximum atomic E-state index is 13.4. The number of piperidine rings is 3. The monoisotopic (exact) mass is 402 g/mol. The van der Waals surface area contributed by atoms with Crippen LogP contribution in [-0.4, -0.2) is 70.3 Å². The van der Waals surface area contributed by atoms with Gasteiger partial charge in [-0.2, -0.15) is 5.10 Å². The Hall–Kier alpha value is -2.17. The molecule has 1 atom stereocenters. The maximum absolute atomic E-state index is 13.4. The number of carboxylic acid groups (broad SMARTS) is 1. The van der Waals surface area contributed by atoms with E-state index in [4.69, 9.17) is 5.10 Å². The van der Waals surface area contributed by atoms with Crippen molar-refractivity contribution in [1.29, 1.82) is 0 Å². The van der Waals surface area contributed by atoms with E-state index >= 15 is 0 Å². The number of fused-ring (bicyclic) bond motifs is 4. The van der Waals surface area contributed by atoms with Crippen molar-refractivity contribution in [2.75, 3.05) is 19.6 Å². The molecule has 3 fully saturated rings. The van der Waals surface area contributed by atoms with Crippen LogP contribution >= 0.6 is 0 Å². The van der Waals surface area contributed by atoms with E-state index in [1.807, 2.05) is 6.07 Å². The predicted octanol–water partition coefficient (Wildman–Crippen LogP) is 2.40. The van der Waals surface area contributed by atoms with E-state index in [2.05, 4.69) is 10.2 Å². The summed E-state index contributed by atoms with van der Waals surface area (Å²) in [6, 6.07) is 11.7. The van der Waals surface area contributed by atoms with Crippen LogP contribution in [0, 0.1) is 11.7 Å². The summed E-state index contributed by atoms with van der Waals surface area (Å²) >= 11 is 0. The van der Waals surface area contributed by atoms with Gasteiger partial charge in [0.05, 0.1) is 22.5 Å². The Kier molecular flexibility index (Phi) is 5.99. The quantitative estimate of drug-likeness (QED) is 0.642. The first-order chi connectivity index (χ1) is 14.1. The Labute approximate surface area is 186 Å². The third kappa shape index (κ3) is 3.79. The molecule has 2 bridgehead atoms. The number of nitrogens with zero attached hydrogens (tertiary/aromatic N) is 3. The molecule has 30 heavy (non-hydrogen) atoms. The van der Waals surface area contributed by atoms with Gasteiger partial charge in [-0.25, -0.2) is 13.9 Å². The number of halogens is 1. The number of aromatic carboxylic acids is 1. The average molecular weight is 402 g/mol.